The van der Waals surface area contributed by atoms with Crippen LogP contribution in [0.3, 0.4) is 0 Å². The lowest BCUT2D eigenvalue weighted by atomic mass is 10.1. The van der Waals surface area contributed by atoms with Crippen LogP contribution in [-0.2, 0) is 6.54 Å². The first-order chi connectivity index (χ1) is 9.21. The first kappa shape index (κ1) is 16.7. The van der Waals surface area contributed by atoms with Crippen molar-refractivity contribution in [2.24, 2.45) is 0 Å². The number of hydrogen-bond donors (Lipinski definition) is 2. The number of carboxylic acid groups (broad SMARTS) is 1. The monoisotopic (exact) mass is 302 g/mol. The summed E-state index contributed by atoms with van der Waals surface area (Å²) in [6.45, 7) is 6.86. The first-order valence-electron chi connectivity index (χ1n) is 6.37. The Labute approximate surface area is 123 Å². The van der Waals surface area contributed by atoms with E-state index in [1.165, 1.54) is 17.0 Å². The maximum absolute atomic E-state index is 13.2. The van der Waals surface area contributed by atoms with Crippen molar-refractivity contribution in [3.63, 3.8) is 0 Å². The highest BCUT2D eigenvalue weighted by molar-refractivity contribution is 6.30. The Morgan fingerprint density at radius 3 is 2.60 bits per heavy atom. The quantitative estimate of drug-likeness (QED) is 0.820. The maximum Gasteiger partial charge on any atom is 0.407 e. The van der Waals surface area contributed by atoms with Gasteiger partial charge in [0.05, 0.1) is 5.02 Å². The van der Waals surface area contributed by atoms with E-state index in [0.717, 1.165) is 5.56 Å². The van der Waals surface area contributed by atoms with E-state index < -0.39 is 17.4 Å². The zero-order chi connectivity index (χ0) is 15.3. The maximum atomic E-state index is 13.2. The smallest absolute Gasteiger partial charge is 0.407 e. The van der Waals surface area contributed by atoms with E-state index in [0.29, 0.717) is 19.6 Å². The lowest BCUT2D eigenvalue weighted by Gasteiger charge is -2.33. The molecule has 2 N–H and O–H groups in total. The van der Waals surface area contributed by atoms with Crippen LogP contribution in [0.5, 0.6) is 0 Å². The topological polar surface area (TPSA) is 52.6 Å². The number of carbonyl (C=O) groups is 1. The van der Waals surface area contributed by atoms with E-state index in [1.54, 1.807) is 6.07 Å². The number of hydrogen-bond acceptors (Lipinski definition) is 2. The van der Waals surface area contributed by atoms with Gasteiger partial charge in [-0.15, -0.1) is 0 Å². The fourth-order valence-corrected chi connectivity index (χ4v) is 1.91. The molecule has 20 heavy (non-hydrogen) atoms. The average molecular weight is 303 g/mol. The Balaban J connectivity index is 2.44. The first-order valence-corrected chi connectivity index (χ1v) is 6.75. The molecule has 0 heterocycles. The number of amides is 1. The predicted molar refractivity (Wildman–Crippen MR) is 77.6 cm³/mol. The third-order valence-electron chi connectivity index (χ3n) is 2.87. The lowest BCUT2D eigenvalue weighted by Crippen LogP contribution is -2.47. The molecule has 0 bridgehead atoms. The highest BCUT2D eigenvalue weighted by Gasteiger charge is 2.25. The number of benzene rings is 1. The van der Waals surface area contributed by atoms with Gasteiger partial charge in [-0.3, -0.25) is 0 Å². The molecule has 0 aromatic heterocycles. The van der Waals surface area contributed by atoms with E-state index in [-0.39, 0.29) is 5.02 Å². The molecule has 0 aliphatic carbocycles. The minimum absolute atomic E-state index is 0.0959. The molecule has 0 aliphatic rings. The van der Waals surface area contributed by atoms with Gasteiger partial charge >= 0.3 is 6.09 Å². The molecule has 0 aliphatic heterocycles. The largest absolute Gasteiger partial charge is 0.465 e. The summed E-state index contributed by atoms with van der Waals surface area (Å²) in [6, 6.07) is 4.61. The van der Waals surface area contributed by atoms with Crippen molar-refractivity contribution in [2.45, 2.75) is 32.9 Å². The van der Waals surface area contributed by atoms with Gasteiger partial charge in [0, 0.05) is 25.2 Å². The average Bonchev–Trinajstić information content (AvgIpc) is 2.31. The highest BCUT2D eigenvalue weighted by atomic mass is 35.5. The summed E-state index contributed by atoms with van der Waals surface area (Å²) >= 11 is 5.60. The fourth-order valence-electron chi connectivity index (χ4n) is 1.79. The molecule has 1 amide bonds. The third kappa shape index (κ3) is 4.98. The van der Waals surface area contributed by atoms with Crippen molar-refractivity contribution in [3.8, 4) is 0 Å². The number of rotatable bonds is 5. The molecule has 112 valence electrons. The van der Waals surface area contributed by atoms with Crippen LogP contribution in [-0.4, -0.2) is 34.7 Å². The zero-order valence-electron chi connectivity index (χ0n) is 11.9. The molecule has 0 radical (unpaired) electrons. The van der Waals surface area contributed by atoms with Crippen LogP contribution in [0.2, 0.25) is 5.02 Å². The Morgan fingerprint density at radius 2 is 2.10 bits per heavy atom. The van der Waals surface area contributed by atoms with Gasteiger partial charge in [-0.2, -0.15) is 0 Å². The second-order valence-corrected chi connectivity index (χ2v) is 5.94. The van der Waals surface area contributed by atoms with Crippen molar-refractivity contribution in [3.05, 3.63) is 34.6 Å². The van der Waals surface area contributed by atoms with Crippen molar-refractivity contribution in [1.82, 2.24) is 10.2 Å². The zero-order valence-corrected chi connectivity index (χ0v) is 12.7. The molecular weight excluding hydrogens is 283 g/mol. The van der Waals surface area contributed by atoms with Gasteiger partial charge in [-0.1, -0.05) is 17.7 Å². The standard InChI is InChI=1S/C14H20ClFN2O2/c1-14(2,3)18(13(19)20)7-6-17-9-10-4-5-11(15)12(16)8-10/h4-5,8,17H,6-7,9H2,1-3H3,(H,19,20). The van der Waals surface area contributed by atoms with Crippen molar-refractivity contribution >= 4 is 17.7 Å². The fraction of sp³-hybridized carbons (Fsp3) is 0.500. The SMILES string of the molecule is CC(C)(C)N(CCNCc1ccc(Cl)c(F)c1)C(=O)O. The van der Waals surface area contributed by atoms with E-state index in [9.17, 15) is 9.18 Å². The van der Waals surface area contributed by atoms with Gasteiger partial charge in [0.1, 0.15) is 5.82 Å². The Hall–Kier alpha value is -1.33. The molecule has 0 unspecified atom stereocenters. The van der Waals surface area contributed by atoms with Gasteiger partial charge in [-0.05, 0) is 38.5 Å². The summed E-state index contributed by atoms with van der Waals surface area (Å²) in [5.41, 5.74) is 0.324. The Bertz CT molecular complexity index is 475. The molecular formula is C14H20ClFN2O2. The van der Waals surface area contributed by atoms with E-state index in [2.05, 4.69) is 5.32 Å². The van der Waals surface area contributed by atoms with Gasteiger partial charge < -0.3 is 15.3 Å². The predicted octanol–water partition coefficient (Wildman–Crippen LogP) is 3.35. The number of nitrogens with zero attached hydrogens (tertiary/aromatic N) is 1. The van der Waals surface area contributed by atoms with Crippen molar-refractivity contribution in [2.75, 3.05) is 13.1 Å². The second-order valence-electron chi connectivity index (χ2n) is 5.53. The van der Waals surface area contributed by atoms with Crippen LogP contribution < -0.4 is 5.32 Å². The molecule has 0 saturated heterocycles. The van der Waals surface area contributed by atoms with Crippen LogP contribution in [0.25, 0.3) is 0 Å². The molecule has 0 saturated carbocycles. The van der Waals surface area contributed by atoms with Crippen LogP contribution in [0, 0.1) is 5.82 Å². The molecule has 0 spiro atoms. The van der Waals surface area contributed by atoms with Crippen LogP contribution in [0.4, 0.5) is 9.18 Å². The van der Waals surface area contributed by atoms with Gasteiger partial charge in [-0.25, -0.2) is 9.18 Å². The lowest BCUT2D eigenvalue weighted by molar-refractivity contribution is 0.101. The van der Waals surface area contributed by atoms with Crippen LogP contribution in [0.15, 0.2) is 18.2 Å². The van der Waals surface area contributed by atoms with Gasteiger partial charge in [0.15, 0.2) is 0 Å². The van der Waals surface area contributed by atoms with Gasteiger partial charge in [0.25, 0.3) is 0 Å². The summed E-state index contributed by atoms with van der Waals surface area (Å²) in [7, 11) is 0. The molecule has 0 atom stereocenters. The van der Waals surface area contributed by atoms with E-state index >= 15 is 0 Å². The van der Waals surface area contributed by atoms with Gasteiger partial charge in [0.2, 0.25) is 0 Å². The summed E-state index contributed by atoms with van der Waals surface area (Å²) in [5, 5.41) is 12.3. The normalized spacial score (nSPS) is 11.4. The molecule has 1 aromatic carbocycles. The number of nitrogens with one attached hydrogen (secondary N) is 1. The molecule has 6 heteroatoms. The number of halogens is 2. The Kier molecular flexibility index (Phi) is 5.77. The highest BCUT2D eigenvalue weighted by Crippen LogP contribution is 2.15. The summed E-state index contributed by atoms with van der Waals surface area (Å²) in [5.74, 6) is -0.451. The van der Waals surface area contributed by atoms with Crippen LogP contribution >= 0.6 is 11.6 Å². The summed E-state index contributed by atoms with van der Waals surface area (Å²) in [6.07, 6.45) is -0.947. The van der Waals surface area contributed by atoms with E-state index in [4.69, 9.17) is 16.7 Å². The second kappa shape index (κ2) is 6.90. The molecule has 0 fully saturated rings. The van der Waals surface area contributed by atoms with Crippen LogP contribution in [0.1, 0.15) is 26.3 Å². The Morgan fingerprint density at radius 1 is 1.45 bits per heavy atom. The van der Waals surface area contributed by atoms with Crippen molar-refractivity contribution in [1.29, 1.82) is 0 Å². The molecule has 1 rings (SSSR count). The minimum atomic E-state index is -0.947. The summed E-state index contributed by atoms with van der Waals surface area (Å²) in [4.78, 5) is 12.5. The van der Waals surface area contributed by atoms with E-state index in [1.807, 2.05) is 20.8 Å². The third-order valence-corrected chi connectivity index (χ3v) is 3.17. The molecule has 1 aromatic rings. The minimum Gasteiger partial charge on any atom is -0.465 e. The summed E-state index contributed by atoms with van der Waals surface area (Å²) < 4.78 is 13.2. The molecule has 4 nitrogen and oxygen atoms in total. The van der Waals surface area contributed by atoms with Crippen molar-refractivity contribution < 1.29 is 14.3 Å².